The van der Waals surface area contributed by atoms with Gasteiger partial charge in [0.25, 0.3) is 0 Å². The highest BCUT2D eigenvalue weighted by Gasteiger charge is 2.21. The fraction of sp³-hybridized carbons (Fsp3) is 0.286. The van der Waals surface area contributed by atoms with E-state index in [9.17, 15) is 0 Å². The Labute approximate surface area is 112 Å². The molecule has 18 heavy (non-hydrogen) atoms. The van der Waals surface area contributed by atoms with Crippen LogP contribution in [0.2, 0.25) is 5.15 Å². The van der Waals surface area contributed by atoms with Crippen LogP contribution in [-0.2, 0) is 5.54 Å². The van der Waals surface area contributed by atoms with E-state index in [1.165, 1.54) is 11.9 Å². The molecule has 0 unspecified atom stereocenters. The molecular weight excluding hydrogens is 246 g/mol. The third-order valence-corrected chi connectivity index (χ3v) is 3.33. The molecule has 0 aliphatic heterocycles. The maximum atomic E-state index is 6.00. The number of anilines is 1. The van der Waals surface area contributed by atoms with E-state index in [1.807, 2.05) is 25.1 Å². The second-order valence-electron chi connectivity index (χ2n) is 4.75. The number of hydrogen-bond acceptors (Lipinski definition) is 3. The van der Waals surface area contributed by atoms with Gasteiger partial charge in [-0.3, -0.25) is 0 Å². The number of hydrogen-bond donors (Lipinski definition) is 1. The summed E-state index contributed by atoms with van der Waals surface area (Å²) in [5.74, 6) is 0.767. The molecule has 0 saturated heterocycles. The van der Waals surface area contributed by atoms with E-state index in [1.54, 1.807) is 0 Å². The molecule has 0 radical (unpaired) electrons. The molecule has 3 nitrogen and oxygen atoms in total. The van der Waals surface area contributed by atoms with Crippen LogP contribution < -0.4 is 5.32 Å². The lowest BCUT2D eigenvalue weighted by Crippen LogP contribution is -2.28. The maximum absolute atomic E-state index is 6.00. The van der Waals surface area contributed by atoms with Gasteiger partial charge < -0.3 is 5.32 Å². The molecule has 0 amide bonds. The van der Waals surface area contributed by atoms with E-state index in [-0.39, 0.29) is 5.54 Å². The second kappa shape index (κ2) is 4.94. The third-order valence-electron chi connectivity index (χ3n) is 2.95. The molecule has 4 heteroatoms. The van der Waals surface area contributed by atoms with Crippen molar-refractivity contribution in [1.82, 2.24) is 9.97 Å². The lowest BCUT2D eigenvalue weighted by Gasteiger charge is -2.28. The molecule has 1 N–H and O–H groups in total. The van der Waals surface area contributed by atoms with Crippen LogP contribution in [0.5, 0.6) is 0 Å². The molecule has 0 aliphatic rings. The molecule has 0 aliphatic carbocycles. The van der Waals surface area contributed by atoms with Gasteiger partial charge in [0.2, 0.25) is 0 Å². The van der Waals surface area contributed by atoms with E-state index in [0.29, 0.717) is 5.15 Å². The van der Waals surface area contributed by atoms with Gasteiger partial charge in [0.15, 0.2) is 0 Å². The predicted molar refractivity (Wildman–Crippen MR) is 74.9 cm³/mol. The minimum atomic E-state index is -0.219. The highest BCUT2D eigenvalue weighted by Crippen LogP contribution is 2.27. The minimum Gasteiger partial charge on any atom is -0.361 e. The molecule has 0 fully saturated rings. The van der Waals surface area contributed by atoms with Crippen molar-refractivity contribution in [1.29, 1.82) is 0 Å². The Morgan fingerprint density at radius 3 is 2.44 bits per heavy atom. The summed E-state index contributed by atoms with van der Waals surface area (Å²) in [4.78, 5) is 8.20. The van der Waals surface area contributed by atoms with Crippen LogP contribution in [-0.4, -0.2) is 9.97 Å². The zero-order valence-corrected chi connectivity index (χ0v) is 11.5. The smallest absolute Gasteiger partial charge is 0.137 e. The van der Waals surface area contributed by atoms with Gasteiger partial charge in [-0.25, -0.2) is 9.97 Å². The van der Waals surface area contributed by atoms with Crippen molar-refractivity contribution in [3.63, 3.8) is 0 Å². The van der Waals surface area contributed by atoms with Gasteiger partial charge in [-0.15, -0.1) is 0 Å². The monoisotopic (exact) mass is 261 g/mol. The van der Waals surface area contributed by atoms with Gasteiger partial charge in [-0.2, -0.15) is 0 Å². The van der Waals surface area contributed by atoms with Crippen molar-refractivity contribution in [3.05, 3.63) is 52.9 Å². The van der Waals surface area contributed by atoms with Crippen LogP contribution in [0, 0.1) is 6.92 Å². The number of halogens is 1. The Kier molecular flexibility index (Phi) is 3.53. The van der Waals surface area contributed by atoms with E-state index < -0.39 is 0 Å². The summed E-state index contributed by atoms with van der Waals surface area (Å²) in [6.45, 7) is 6.13. The molecule has 0 atom stereocenters. The Morgan fingerprint density at radius 2 is 1.78 bits per heavy atom. The molecule has 1 aromatic carbocycles. The van der Waals surface area contributed by atoms with E-state index in [0.717, 1.165) is 11.4 Å². The van der Waals surface area contributed by atoms with Gasteiger partial charge >= 0.3 is 0 Å². The number of nitrogens with one attached hydrogen (secondary N) is 1. The van der Waals surface area contributed by atoms with E-state index in [2.05, 4.69) is 41.3 Å². The van der Waals surface area contributed by atoms with Gasteiger partial charge in [0.1, 0.15) is 17.3 Å². The summed E-state index contributed by atoms with van der Waals surface area (Å²) in [7, 11) is 0. The summed E-state index contributed by atoms with van der Waals surface area (Å²) in [6.07, 6.45) is 1.47. The first-order chi connectivity index (χ1) is 8.50. The van der Waals surface area contributed by atoms with Gasteiger partial charge in [-0.1, -0.05) is 41.9 Å². The fourth-order valence-electron chi connectivity index (χ4n) is 1.78. The summed E-state index contributed by atoms with van der Waals surface area (Å²) in [5, 5.41) is 3.89. The quantitative estimate of drug-likeness (QED) is 0.855. The van der Waals surface area contributed by atoms with Crippen molar-refractivity contribution >= 4 is 17.4 Å². The zero-order chi connectivity index (χ0) is 13.2. The molecule has 2 aromatic rings. The Bertz CT molecular complexity index is 538. The number of rotatable bonds is 3. The van der Waals surface area contributed by atoms with Crippen LogP contribution in [0.15, 0.2) is 36.7 Å². The van der Waals surface area contributed by atoms with Crippen LogP contribution in [0.3, 0.4) is 0 Å². The van der Waals surface area contributed by atoms with Crippen molar-refractivity contribution in [2.24, 2.45) is 0 Å². The van der Waals surface area contributed by atoms with E-state index in [4.69, 9.17) is 11.6 Å². The normalized spacial score (nSPS) is 11.3. The van der Waals surface area contributed by atoms with Crippen molar-refractivity contribution in [3.8, 4) is 0 Å². The molecule has 0 saturated carbocycles. The molecule has 0 bridgehead atoms. The average Bonchev–Trinajstić information content (AvgIpc) is 2.36. The van der Waals surface area contributed by atoms with Gasteiger partial charge in [-0.05, 0) is 26.3 Å². The zero-order valence-electron chi connectivity index (χ0n) is 10.7. The van der Waals surface area contributed by atoms with Crippen LogP contribution in [0.4, 0.5) is 5.82 Å². The standard InChI is InChI=1S/C14H16ClN3/c1-10-12(15)16-9-17-13(10)18-14(2,3)11-7-5-4-6-8-11/h4-9H,1-3H3,(H,16,17,18). The molecule has 1 heterocycles. The Hall–Kier alpha value is -1.61. The molecule has 2 rings (SSSR count). The van der Waals surface area contributed by atoms with Gasteiger partial charge in [0, 0.05) is 5.56 Å². The number of benzene rings is 1. The molecule has 0 spiro atoms. The number of aromatic nitrogens is 2. The number of nitrogens with zero attached hydrogens (tertiary/aromatic N) is 2. The summed E-state index contributed by atoms with van der Waals surface area (Å²) < 4.78 is 0. The van der Waals surface area contributed by atoms with Crippen LogP contribution in [0.1, 0.15) is 25.0 Å². The van der Waals surface area contributed by atoms with Crippen LogP contribution in [0.25, 0.3) is 0 Å². The fourth-order valence-corrected chi connectivity index (χ4v) is 1.91. The predicted octanol–water partition coefficient (Wildman–Crippen LogP) is 3.79. The highest BCUT2D eigenvalue weighted by molar-refractivity contribution is 6.30. The minimum absolute atomic E-state index is 0.219. The first-order valence-electron chi connectivity index (χ1n) is 5.81. The first kappa shape index (κ1) is 12.8. The van der Waals surface area contributed by atoms with Gasteiger partial charge in [0.05, 0.1) is 5.54 Å². The van der Waals surface area contributed by atoms with Crippen molar-refractivity contribution < 1.29 is 0 Å². The topological polar surface area (TPSA) is 37.8 Å². The second-order valence-corrected chi connectivity index (χ2v) is 5.11. The molecule has 1 aromatic heterocycles. The molecular formula is C14H16ClN3. The SMILES string of the molecule is Cc1c(Cl)ncnc1NC(C)(C)c1ccccc1. The van der Waals surface area contributed by atoms with E-state index >= 15 is 0 Å². The first-order valence-corrected chi connectivity index (χ1v) is 6.19. The summed E-state index contributed by atoms with van der Waals surface area (Å²) >= 11 is 6.00. The third kappa shape index (κ3) is 2.62. The lowest BCUT2D eigenvalue weighted by molar-refractivity contribution is 0.605. The largest absolute Gasteiger partial charge is 0.361 e. The molecule has 94 valence electrons. The Morgan fingerprint density at radius 1 is 1.11 bits per heavy atom. The summed E-state index contributed by atoms with van der Waals surface area (Å²) in [5.41, 5.74) is 1.84. The van der Waals surface area contributed by atoms with Crippen LogP contribution >= 0.6 is 11.6 Å². The highest BCUT2D eigenvalue weighted by atomic mass is 35.5. The maximum Gasteiger partial charge on any atom is 0.137 e. The lowest BCUT2D eigenvalue weighted by atomic mass is 9.94. The van der Waals surface area contributed by atoms with Crippen molar-refractivity contribution in [2.75, 3.05) is 5.32 Å². The Balaban J connectivity index is 2.31. The van der Waals surface area contributed by atoms with Crippen molar-refractivity contribution in [2.45, 2.75) is 26.3 Å². The summed E-state index contributed by atoms with van der Waals surface area (Å²) in [6, 6.07) is 10.2. The average molecular weight is 262 g/mol.